The molecule has 1 aliphatic heterocycles. The maximum absolute atomic E-state index is 13.2. The summed E-state index contributed by atoms with van der Waals surface area (Å²) in [5.41, 5.74) is -1.96. The van der Waals surface area contributed by atoms with Crippen LogP contribution in [0.25, 0.3) is 0 Å². The van der Waals surface area contributed by atoms with E-state index in [0.29, 0.717) is 25.7 Å². The molecule has 0 bridgehead atoms. The Morgan fingerprint density at radius 2 is 1.74 bits per heavy atom. The van der Waals surface area contributed by atoms with Crippen molar-refractivity contribution in [1.82, 2.24) is 10.2 Å². The number of nitrogens with zero attached hydrogens (tertiary/aromatic N) is 1. The van der Waals surface area contributed by atoms with E-state index >= 15 is 0 Å². The molecule has 6 heteroatoms. The lowest BCUT2D eigenvalue weighted by molar-refractivity contribution is -0.197. The predicted octanol–water partition coefficient (Wildman–Crippen LogP) is 2.32. The van der Waals surface area contributed by atoms with Crippen molar-refractivity contribution < 1.29 is 18.0 Å². The van der Waals surface area contributed by atoms with Crippen LogP contribution in [-0.2, 0) is 4.79 Å². The van der Waals surface area contributed by atoms with Crippen molar-refractivity contribution >= 4 is 5.91 Å². The molecule has 1 N–H and O–H groups in total. The molecule has 0 aromatic rings. The second kappa shape index (κ2) is 5.31. The molecule has 0 unspecified atom stereocenters. The summed E-state index contributed by atoms with van der Waals surface area (Å²) in [4.78, 5) is 14.2. The number of alkyl halides is 3. The summed E-state index contributed by atoms with van der Waals surface area (Å²) in [5.74, 6) is -0.677. The van der Waals surface area contributed by atoms with E-state index in [0.717, 1.165) is 13.1 Å². The molecule has 0 aromatic carbocycles. The minimum Gasteiger partial charge on any atom is -0.342 e. The number of likely N-dealkylation sites (tertiary alicyclic amines) is 1. The third-order valence-corrected chi connectivity index (χ3v) is 4.45. The minimum atomic E-state index is -4.34. The lowest BCUT2D eigenvalue weighted by Crippen LogP contribution is -2.58. The molecular weight excluding hydrogens is 257 g/mol. The van der Waals surface area contributed by atoms with Crippen LogP contribution in [0.3, 0.4) is 0 Å². The maximum atomic E-state index is 13.2. The van der Waals surface area contributed by atoms with E-state index in [1.165, 1.54) is 0 Å². The van der Waals surface area contributed by atoms with Gasteiger partial charge >= 0.3 is 6.18 Å². The molecule has 110 valence electrons. The zero-order chi connectivity index (χ0) is 14.1. The first-order valence-electron chi connectivity index (χ1n) is 6.91. The zero-order valence-electron chi connectivity index (χ0n) is 11.2. The van der Waals surface area contributed by atoms with Crippen molar-refractivity contribution in [1.29, 1.82) is 0 Å². The topological polar surface area (TPSA) is 32.3 Å². The SMILES string of the molecule is CN1CCC(C(=O)NC2(C(F)(F)F)CCCC2)CC1. The summed E-state index contributed by atoms with van der Waals surface area (Å²) in [6.45, 7) is 1.55. The maximum Gasteiger partial charge on any atom is 0.411 e. The fourth-order valence-corrected chi connectivity index (χ4v) is 3.07. The summed E-state index contributed by atoms with van der Waals surface area (Å²) in [6.07, 6.45) is -1.93. The first kappa shape index (κ1) is 14.6. The Bertz CT molecular complexity index is 329. The molecular formula is C13H21F3N2O. The predicted molar refractivity (Wildman–Crippen MR) is 65.6 cm³/mol. The zero-order valence-corrected chi connectivity index (χ0v) is 11.2. The Morgan fingerprint density at radius 3 is 2.21 bits per heavy atom. The fraction of sp³-hybridized carbons (Fsp3) is 0.923. The third kappa shape index (κ3) is 3.04. The van der Waals surface area contributed by atoms with Gasteiger partial charge < -0.3 is 10.2 Å². The van der Waals surface area contributed by atoms with Gasteiger partial charge in [-0.25, -0.2) is 0 Å². The van der Waals surface area contributed by atoms with Crippen molar-refractivity contribution in [2.75, 3.05) is 20.1 Å². The van der Waals surface area contributed by atoms with Gasteiger partial charge in [0.2, 0.25) is 5.91 Å². The van der Waals surface area contributed by atoms with E-state index in [1.807, 2.05) is 7.05 Å². The molecule has 2 rings (SSSR count). The number of halogens is 3. The van der Waals surface area contributed by atoms with Gasteiger partial charge in [-0.1, -0.05) is 12.8 Å². The average molecular weight is 278 g/mol. The first-order valence-corrected chi connectivity index (χ1v) is 6.91. The minimum absolute atomic E-state index is 0.0227. The Hall–Kier alpha value is -0.780. The smallest absolute Gasteiger partial charge is 0.342 e. The number of carbonyl (C=O) groups is 1. The summed E-state index contributed by atoms with van der Waals surface area (Å²) >= 11 is 0. The summed E-state index contributed by atoms with van der Waals surface area (Å²) in [6, 6.07) is 0. The lowest BCUT2D eigenvalue weighted by Gasteiger charge is -2.35. The van der Waals surface area contributed by atoms with Gasteiger partial charge in [-0.2, -0.15) is 13.2 Å². The van der Waals surface area contributed by atoms with Gasteiger partial charge in [0.15, 0.2) is 0 Å². The summed E-state index contributed by atoms with van der Waals surface area (Å²) in [7, 11) is 1.96. The molecule has 1 aliphatic carbocycles. The quantitative estimate of drug-likeness (QED) is 0.840. The van der Waals surface area contributed by atoms with Crippen molar-refractivity contribution in [3.05, 3.63) is 0 Å². The Kier molecular flexibility index (Phi) is 4.08. The standard InChI is InChI=1S/C13H21F3N2O/c1-18-8-4-10(5-9-18)11(19)17-12(13(14,15)16)6-2-3-7-12/h10H,2-9H2,1H3,(H,17,19). The molecule has 1 amide bonds. The molecule has 3 nitrogen and oxygen atoms in total. The van der Waals surface area contributed by atoms with E-state index in [4.69, 9.17) is 0 Å². The lowest BCUT2D eigenvalue weighted by atomic mass is 9.92. The van der Waals surface area contributed by atoms with E-state index in [1.54, 1.807) is 0 Å². The van der Waals surface area contributed by atoms with Crippen molar-refractivity contribution in [3.63, 3.8) is 0 Å². The van der Waals surface area contributed by atoms with Crippen LogP contribution in [-0.4, -0.2) is 42.7 Å². The van der Waals surface area contributed by atoms with Crippen LogP contribution in [0.4, 0.5) is 13.2 Å². The molecule has 0 aromatic heterocycles. The van der Waals surface area contributed by atoms with Gasteiger partial charge in [0, 0.05) is 5.92 Å². The Balaban J connectivity index is 2.00. The Morgan fingerprint density at radius 1 is 1.21 bits per heavy atom. The van der Waals surface area contributed by atoms with Gasteiger partial charge in [-0.3, -0.25) is 4.79 Å². The van der Waals surface area contributed by atoms with Gasteiger partial charge in [-0.05, 0) is 45.8 Å². The van der Waals surface area contributed by atoms with E-state index in [9.17, 15) is 18.0 Å². The van der Waals surface area contributed by atoms with Crippen LogP contribution in [0.5, 0.6) is 0 Å². The van der Waals surface area contributed by atoms with E-state index < -0.39 is 17.6 Å². The molecule has 1 heterocycles. The van der Waals surface area contributed by atoms with Gasteiger partial charge in [0.25, 0.3) is 0 Å². The second-order valence-electron chi connectivity index (χ2n) is 5.85. The highest BCUT2D eigenvalue weighted by Gasteiger charge is 2.57. The van der Waals surface area contributed by atoms with Gasteiger partial charge in [0.05, 0.1) is 0 Å². The highest BCUT2D eigenvalue weighted by atomic mass is 19.4. The highest BCUT2D eigenvalue weighted by molar-refractivity contribution is 5.79. The van der Waals surface area contributed by atoms with Crippen molar-refractivity contribution in [2.24, 2.45) is 5.92 Å². The summed E-state index contributed by atoms with van der Waals surface area (Å²) in [5, 5.41) is 2.33. The number of hydrogen-bond acceptors (Lipinski definition) is 2. The molecule has 1 saturated heterocycles. The van der Waals surface area contributed by atoms with E-state index in [2.05, 4.69) is 10.2 Å². The molecule has 0 spiro atoms. The number of amides is 1. The van der Waals surface area contributed by atoms with Crippen molar-refractivity contribution in [3.8, 4) is 0 Å². The number of piperidine rings is 1. The molecule has 0 atom stereocenters. The number of rotatable bonds is 2. The molecule has 1 saturated carbocycles. The highest BCUT2D eigenvalue weighted by Crippen LogP contribution is 2.43. The van der Waals surface area contributed by atoms with Crippen LogP contribution < -0.4 is 5.32 Å². The Labute approximate surface area is 111 Å². The number of hydrogen-bond donors (Lipinski definition) is 1. The average Bonchev–Trinajstić information content (AvgIpc) is 2.79. The van der Waals surface area contributed by atoms with Gasteiger partial charge in [-0.15, -0.1) is 0 Å². The van der Waals surface area contributed by atoms with Crippen LogP contribution in [0.15, 0.2) is 0 Å². The fourth-order valence-electron chi connectivity index (χ4n) is 3.07. The molecule has 2 aliphatic rings. The third-order valence-electron chi connectivity index (χ3n) is 4.45. The van der Waals surface area contributed by atoms with Crippen LogP contribution >= 0.6 is 0 Å². The van der Waals surface area contributed by atoms with E-state index in [-0.39, 0.29) is 18.8 Å². The number of carbonyl (C=O) groups excluding carboxylic acids is 1. The molecule has 2 fully saturated rings. The van der Waals surface area contributed by atoms with Crippen LogP contribution in [0.2, 0.25) is 0 Å². The van der Waals surface area contributed by atoms with Crippen LogP contribution in [0, 0.1) is 5.92 Å². The summed E-state index contributed by atoms with van der Waals surface area (Å²) < 4.78 is 39.5. The largest absolute Gasteiger partial charge is 0.411 e. The number of nitrogens with one attached hydrogen (secondary N) is 1. The molecule has 19 heavy (non-hydrogen) atoms. The molecule has 0 radical (unpaired) electrons. The van der Waals surface area contributed by atoms with Gasteiger partial charge in [0.1, 0.15) is 5.54 Å². The van der Waals surface area contributed by atoms with Crippen LogP contribution in [0.1, 0.15) is 38.5 Å². The van der Waals surface area contributed by atoms with Crippen molar-refractivity contribution in [2.45, 2.75) is 50.2 Å². The first-order chi connectivity index (χ1) is 8.84. The normalized spacial score (nSPS) is 25.5. The second-order valence-corrected chi connectivity index (χ2v) is 5.85. The monoisotopic (exact) mass is 278 g/mol.